The van der Waals surface area contributed by atoms with E-state index in [-0.39, 0.29) is 12.3 Å². The lowest BCUT2D eigenvalue weighted by molar-refractivity contribution is -0.120. The lowest BCUT2D eigenvalue weighted by atomic mass is 10.2. The Balaban J connectivity index is 1.21. The zero-order valence-electron chi connectivity index (χ0n) is 16.7. The summed E-state index contributed by atoms with van der Waals surface area (Å²) in [4.78, 5) is 24.9. The van der Waals surface area contributed by atoms with Crippen LogP contribution in [0.1, 0.15) is 16.8 Å². The van der Waals surface area contributed by atoms with E-state index in [1.165, 1.54) is 11.3 Å². The van der Waals surface area contributed by atoms with Crippen molar-refractivity contribution in [3.8, 4) is 5.75 Å². The Morgan fingerprint density at radius 3 is 2.48 bits per heavy atom. The van der Waals surface area contributed by atoms with Gasteiger partial charge in [0.05, 0.1) is 12.1 Å². The number of amides is 1. The molecule has 156 valence electrons. The van der Waals surface area contributed by atoms with E-state index in [9.17, 15) is 4.79 Å². The molecular formula is C23H21N5O2S. The highest BCUT2D eigenvalue weighted by Crippen LogP contribution is 2.19. The number of anilines is 2. The number of thiazole rings is 1. The Labute approximate surface area is 184 Å². The van der Waals surface area contributed by atoms with Gasteiger partial charge in [0.1, 0.15) is 12.4 Å². The molecule has 2 aromatic carbocycles. The zero-order chi connectivity index (χ0) is 21.3. The van der Waals surface area contributed by atoms with Gasteiger partial charge in [0.15, 0.2) is 5.13 Å². The second-order valence-corrected chi connectivity index (χ2v) is 7.57. The summed E-state index contributed by atoms with van der Waals surface area (Å²) in [5.41, 5.74) is 2.82. The van der Waals surface area contributed by atoms with Gasteiger partial charge in [-0.15, -0.1) is 11.3 Å². The molecule has 0 aliphatic carbocycles. The molecule has 0 aliphatic heterocycles. The average Bonchev–Trinajstić information content (AvgIpc) is 3.25. The third-order valence-electron chi connectivity index (χ3n) is 4.34. The van der Waals surface area contributed by atoms with Gasteiger partial charge in [0, 0.05) is 24.3 Å². The molecule has 7 nitrogen and oxygen atoms in total. The van der Waals surface area contributed by atoms with E-state index >= 15 is 0 Å². The first-order chi connectivity index (χ1) is 15.2. The smallest absolute Gasteiger partial charge is 0.228 e. The SMILES string of the molecule is O=C(Cc1csc(Nc2ncccn2)n1)NCc1ccc(OCc2ccccc2)cc1. The second kappa shape index (κ2) is 10.3. The maximum atomic E-state index is 12.3. The number of hydrogen-bond donors (Lipinski definition) is 2. The Kier molecular flexibility index (Phi) is 6.81. The van der Waals surface area contributed by atoms with Crippen LogP contribution in [0.5, 0.6) is 5.75 Å². The normalized spacial score (nSPS) is 10.5. The maximum absolute atomic E-state index is 12.3. The van der Waals surface area contributed by atoms with Crippen LogP contribution in [0.4, 0.5) is 11.1 Å². The molecule has 0 radical (unpaired) electrons. The fourth-order valence-corrected chi connectivity index (χ4v) is 3.48. The Bertz CT molecular complexity index is 1100. The minimum Gasteiger partial charge on any atom is -0.489 e. The summed E-state index contributed by atoms with van der Waals surface area (Å²) < 4.78 is 5.79. The van der Waals surface area contributed by atoms with Crippen LogP contribution in [-0.4, -0.2) is 20.9 Å². The topological polar surface area (TPSA) is 89.0 Å². The largest absolute Gasteiger partial charge is 0.489 e. The molecule has 2 N–H and O–H groups in total. The van der Waals surface area contributed by atoms with Crippen molar-refractivity contribution in [1.29, 1.82) is 0 Å². The Morgan fingerprint density at radius 2 is 1.71 bits per heavy atom. The van der Waals surface area contributed by atoms with E-state index in [0.29, 0.717) is 29.9 Å². The molecule has 0 atom stereocenters. The molecule has 2 heterocycles. The summed E-state index contributed by atoms with van der Waals surface area (Å²) in [5.74, 6) is 1.19. The van der Waals surface area contributed by atoms with Gasteiger partial charge in [0.25, 0.3) is 0 Å². The molecule has 0 spiro atoms. The quantitative estimate of drug-likeness (QED) is 0.415. The number of nitrogens with zero attached hydrogens (tertiary/aromatic N) is 3. The first-order valence-corrected chi connectivity index (χ1v) is 10.6. The highest BCUT2D eigenvalue weighted by Gasteiger charge is 2.09. The van der Waals surface area contributed by atoms with Crippen molar-refractivity contribution in [2.75, 3.05) is 5.32 Å². The number of nitrogens with one attached hydrogen (secondary N) is 2. The summed E-state index contributed by atoms with van der Waals surface area (Å²) in [6.07, 6.45) is 3.52. The van der Waals surface area contributed by atoms with Gasteiger partial charge in [-0.2, -0.15) is 0 Å². The lowest BCUT2D eigenvalue weighted by Crippen LogP contribution is -2.24. The van der Waals surface area contributed by atoms with Crippen LogP contribution in [-0.2, 0) is 24.4 Å². The number of rotatable bonds is 9. The molecule has 0 aliphatic rings. The minimum atomic E-state index is -0.0859. The van der Waals surface area contributed by atoms with Gasteiger partial charge < -0.3 is 15.4 Å². The maximum Gasteiger partial charge on any atom is 0.228 e. The molecule has 0 unspecified atom stereocenters. The van der Waals surface area contributed by atoms with Crippen molar-refractivity contribution in [2.24, 2.45) is 0 Å². The van der Waals surface area contributed by atoms with E-state index in [4.69, 9.17) is 4.74 Å². The lowest BCUT2D eigenvalue weighted by Gasteiger charge is -2.08. The molecule has 4 rings (SSSR count). The van der Waals surface area contributed by atoms with E-state index < -0.39 is 0 Å². The second-order valence-electron chi connectivity index (χ2n) is 6.71. The molecule has 8 heteroatoms. The van der Waals surface area contributed by atoms with Crippen molar-refractivity contribution in [3.63, 3.8) is 0 Å². The summed E-state index contributed by atoms with van der Waals surface area (Å²) in [6, 6.07) is 19.5. The van der Waals surface area contributed by atoms with Crippen molar-refractivity contribution < 1.29 is 9.53 Å². The average molecular weight is 432 g/mol. The number of benzene rings is 2. The Morgan fingerprint density at radius 1 is 0.935 bits per heavy atom. The van der Waals surface area contributed by atoms with E-state index in [1.54, 1.807) is 18.5 Å². The molecule has 0 saturated carbocycles. The first kappa shape index (κ1) is 20.5. The van der Waals surface area contributed by atoms with Crippen LogP contribution >= 0.6 is 11.3 Å². The van der Waals surface area contributed by atoms with Crippen LogP contribution in [0.15, 0.2) is 78.4 Å². The monoisotopic (exact) mass is 431 g/mol. The van der Waals surface area contributed by atoms with E-state index in [0.717, 1.165) is 16.9 Å². The van der Waals surface area contributed by atoms with Gasteiger partial charge in [0.2, 0.25) is 11.9 Å². The molecular weight excluding hydrogens is 410 g/mol. The van der Waals surface area contributed by atoms with Crippen LogP contribution in [0, 0.1) is 0 Å². The van der Waals surface area contributed by atoms with Gasteiger partial charge >= 0.3 is 0 Å². The van der Waals surface area contributed by atoms with E-state index in [2.05, 4.69) is 25.6 Å². The predicted molar refractivity (Wildman–Crippen MR) is 120 cm³/mol. The fourth-order valence-electron chi connectivity index (χ4n) is 2.78. The fraction of sp³-hybridized carbons (Fsp3) is 0.130. The van der Waals surface area contributed by atoms with Gasteiger partial charge in [-0.1, -0.05) is 42.5 Å². The summed E-state index contributed by atoms with van der Waals surface area (Å²) in [5, 5.41) is 8.45. The highest BCUT2D eigenvalue weighted by atomic mass is 32.1. The first-order valence-electron chi connectivity index (χ1n) is 9.75. The summed E-state index contributed by atoms with van der Waals surface area (Å²) >= 11 is 1.41. The zero-order valence-corrected chi connectivity index (χ0v) is 17.5. The molecule has 1 amide bonds. The molecule has 0 saturated heterocycles. The van der Waals surface area contributed by atoms with Gasteiger partial charge in [-0.25, -0.2) is 15.0 Å². The van der Waals surface area contributed by atoms with Crippen molar-refractivity contribution in [3.05, 3.63) is 95.3 Å². The molecule has 0 bridgehead atoms. The third kappa shape index (κ3) is 6.35. The van der Waals surface area contributed by atoms with Gasteiger partial charge in [-0.05, 0) is 29.3 Å². The predicted octanol–water partition coefficient (Wildman–Crippen LogP) is 4.11. The van der Waals surface area contributed by atoms with Crippen molar-refractivity contribution >= 4 is 28.3 Å². The van der Waals surface area contributed by atoms with Crippen LogP contribution in [0.2, 0.25) is 0 Å². The van der Waals surface area contributed by atoms with Crippen molar-refractivity contribution in [1.82, 2.24) is 20.3 Å². The van der Waals surface area contributed by atoms with Crippen molar-refractivity contribution in [2.45, 2.75) is 19.6 Å². The standard InChI is InChI=1S/C23H21N5O2S/c29-21(13-19-16-31-23(27-19)28-22-24-11-4-12-25-22)26-14-17-7-9-20(10-8-17)30-15-18-5-2-1-3-6-18/h1-12,16H,13-15H2,(H,26,29)(H,24,25,27,28). The van der Waals surface area contributed by atoms with Crippen LogP contribution in [0.3, 0.4) is 0 Å². The number of aromatic nitrogens is 3. The van der Waals surface area contributed by atoms with E-state index in [1.807, 2.05) is 60.0 Å². The molecule has 31 heavy (non-hydrogen) atoms. The third-order valence-corrected chi connectivity index (χ3v) is 5.15. The molecule has 2 aromatic heterocycles. The number of ether oxygens (including phenoxy) is 1. The molecule has 4 aromatic rings. The number of carbonyl (C=O) groups is 1. The highest BCUT2D eigenvalue weighted by molar-refractivity contribution is 7.13. The van der Waals surface area contributed by atoms with Gasteiger partial charge in [-0.3, -0.25) is 4.79 Å². The summed E-state index contributed by atoms with van der Waals surface area (Å²) in [7, 11) is 0. The minimum absolute atomic E-state index is 0.0859. The van der Waals surface area contributed by atoms with Crippen LogP contribution in [0.25, 0.3) is 0 Å². The molecule has 0 fully saturated rings. The number of carbonyl (C=O) groups excluding carboxylic acids is 1. The van der Waals surface area contributed by atoms with Crippen LogP contribution < -0.4 is 15.4 Å². The number of hydrogen-bond acceptors (Lipinski definition) is 7. The Hall–Kier alpha value is -3.78. The summed E-state index contributed by atoms with van der Waals surface area (Å²) in [6.45, 7) is 0.975.